The maximum absolute atomic E-state index is 12.8. The van der Waals surface area contributed by atoms with Crippen molar-refractivity contribution in [2.24, 2.45) is 10.7 Å². The van der Waals surface area contributed by atoms with Gasteiger partial charge in [0.15, 0.2) is 14.9 Å². The molecule has 1 aromatic rings. The van der Waals surface area contributed by atoms with Crippen molar-refractivity contribution in [3.63, 3.8) is 0 Å². The van der Waals surface area contributed by atoms with Crippen LogP contribution in [0.1, 0.15) is 52.0 Å². The van der Waals surface area contributed by atoms with Crippen LogP contribution >= 0.6 is 11.8 Å². The van der Waals surface area contributed by atoms with Gasteiger partial charge in [0, 0.05) is 24.8 Å². The number of anilines is 1. The van der Waals surface area contributed by atoms with Crippen molar-refractivity contribution in [3.05, 3.63) is 42.2 Å². The van der Waals surface area contributed by atoms with Gasteiger partial charge in [-0.2, -0.15) is 0 Å². The van der Waals surface area contributed by atoms with E-state index in [1.54, 1.807) is 6.07 Å². The number of rotatable bonds is 12. The highest BCUT2D eigenvalue weighted by Crippen LogP contribution is 2.17. The summed E-state index contributed by atoms with van der Waals surface area (Å²) in [7, 11) is 0.532. The molecule has 1 aromatic carbocycles. The number of carbonyl (C=O) groups is 2. The summed E-state index contributed by atoms with van der Waals surface area (Å²) in [6, 6.07) is 4.22. The molecule has 1 heterocycles. The van der Waals surface area contributed by atoms with E-state index in [1.165, 1.54) is 30.9 Å². The Morgan fingerprint density at radius 3 is 2.54 bits per heavy atom. The van der Waals surface area contributed by atoms with Gasteiger partial charge in [0.2, 0.25) is 0 Å². The van der Waals surface area contributed by atoms with Crippen molar-refractivity contribution in [2.75, 3.05) is 63.4 Å². The van der Waals surface area contributed by atoms with Gasteiger partial charge >= 0.3 is 0 Å². The Balaban J connectivity index is 0. The molecule has 12 heteroatoms. The van der Waals surface area contributed by atoms with E-state index in [4.69, 9.17) is 0 Å². The van der Waals surface area contributed by atoms with Crippen molar-refractivity contribution in [1.29, 1.82) is 0 Å². The first kappa shape index (κ1) is 40.9. The van der Waals surface area contributed by atoms with Gasteiger partial charge in [-0.1, -0.05) is 26.8 Å². The molecule has 0 unspecified atom stereocenters. The van der Waals surface area contributed by atoms with Crippen LogP contribution in [0.4, 0.5) is 10.1 Å². The van der Waals surface area contributed by atoms with Gasteiger partial charge in [-0.05, 0) is 82.8 Å². The van der Waals surface area contributed by atoms with E-state index in [2.05, 4.69) is 39.9 Å². The molecular weight excluding hydrogens is 565 g/mol. The summed E-state index contributed by atoms with van der Waals surface area (Å²) < 4.78 is 36.0. The zero-order chi connectivity index (χ0) is 31.7. The molecule has 2 rings (SSSR count). The first-order valence-electron chi connectivity index (χ1n) is 14.1. The van der Waals surface area contributed by atoms with Crippen LogP contribution in [0.3, 0.4) is 0 Å². The minimum atomic E-state index is -3.02. The normalized spacial score (nSPS) is 15.5. The second-order valence-electron chi connectivity index (χ2n) is 8.75. The second-order valence-corrected chi connectivity index (χ2v) is 11.8. The molecule has 1 aliphatic rings. The van der Waals surface area contributed by atoms with Gasteiger partial charge in [0.1, 0.15) is 12.1 Å². The number of benzene rings is 1. The highest BCUT2D eigenvalue weighted by atomic mass is 32.2. The molecular formula is C29H52FN5O4S2. The third-order valence-electron chi connectivity index (χ3n) is 5.68. The fourth-order valence-electron chi connectivity index (χ4n) is 3.74. The number of nitrogens with one attached hydrogen (secondary N) is 2. The van der Waals surface area contributed by atoms with E-state index < -0.39 is 9.84 Å². The first-order valence-corrected chi connectivity index (χ1v) is 17.1. The third-order valence-corrected chi connectivity index (χ3v) is 8.20. The van der Waals surface area contributed by atoms with Gasteiger partial charge < -0.3 is 26.1 Å². The van der Waals surface area contributed by atoms with Gasteiger partial charge in [0.05, 0.1) is 18.1 Å². The van der Waals surface area contributed by atoms with Crippen LogP contribution in [0.15, 0.2) is 35.8 Å². The Labute approximate surface area is 251 Å². The van der Waals surface area contributed by atoms with Crippen molar-refractivity contribution in [2.45, 2.75) is 58.9 Å². The van der Waals surface area contributed by atoms with Crippen LogP contribution in [-0.2, 0) is 25.8 Å². The summed E-state index contributed by atoms with van der Waals surface area (Å²) in [5.74, 6) is -0.241. The van der Waals surface area contributed by atoms with Crippen molar-refractivity contribution in [1.82, 2.24) is 10.2 Å². The quantitative estimate of drug-likeness (QED) is 0.106. The molecule has 1 saturated heterocycles. The van der Waals surface area contributed by atoms with Crippen LogP contribution in [0, 0.1) is 5.82 Å². The van der Waals surface area contributed by atoms with Crippen LogP contribution in [0.25, 0.3) is 0 Å². The Morgan fingerprint density at radius 1 is 1.29 bits per heavy atom. The molecule has 1 fully saturated rings. The number of aryl methyl sites for hydroxylation is 1. The highest BCUT2D eigenvalue weighted by molar-refractivity contribution is 8.15. The van der Waals surface area contributed by atoms with E-state index in [0.29, 0.717) is 24.4 Å². The average Bonchev–Trinajstić information content (AvgIpc) is 2.97. The number of carbonyl (C=O) groups excluding carboxylic acids is 2. The molecule has 0 radical (unpaired) electrons. The minimum Gasteiger partial charge on any atom is -0.378 e. The number of hydrogen-bond acceptors (Lipinski definition) is 9. The minimum absolute atomic E-state index is 0.0362. The third kappa shape index (κ3) is 19.5. The Morgan fingerprint density at radius 2 is 1.98 bits per heavy atom. The summed E-state index contributed by atoms with van der Waals surface area (Å²) >= 11 is 1.30. The highest BCUT2D eigenvalue weighted by Gasteiger charge is 2.26. The molecule has 41 heavy (non-hydrogen) atoms. The monoisotopic (exact) mass is 617 g/mol. The number of nitrogens with two attached hydrogens (primary N) is 1. The summed E-state index contributed by atoms with van der Waals surface area (Å²) in [5, 5.41) is 6.14. The topological polar surface area (TPSA) is 134 Å². The number of thioether (sulfide) groups is 1. The van der Waals surface area contributed by atoms with Crippen LogP contribution < -0.4 is 16.4 Å². The molecule has 0 aromatic heterocycles. The standard InChI is InChI=1S/C16H29N3O3S2.C10H12FNO.C2H6.CH5N/c1-4-5-10-19(2)11-7-9-17-16(23-3)15(20)18-14-8-6-12-24(21,22)13-14;1-2-8-7-9(11)3-4-10(8)12-5-6-13;2*1-2/h4,14H,1,5-13H2,2-3H3,(H,18,20);3-4,6-7,12H,2,5H2,1H3;1-2H3;2H2,1H3/t14-;;;/m0.../s1. The SMILES string of the molecule is C=CCCN(C)CCCN=C(SC)C(=O)N[C@H]1CCCS(=O)(=O)C1.CC.CCc1cc(F)ccc1NCC=O.CN. The number of nitrogens with zero attached hydrogens (tertiary/aromatic N) is 2. The van der Waals surface area contributed by atoms with Crippen LogP contribution in [-0.4, -0.2) is 94.6 Å². The average molecular weight is 618 g/mol. The van der Waals surface area contributed by atoms with Gasteiger partial charge in [-0.15, -0.1) is 18.3 Å². The predicted molar refractivity (Wildman–Crippen MR) is 174 cm³/mol. The molecule has 0 aliphatic carbocycles. The lowest BCUT2D eigenvalue weighted by Crippen LogP contribution is -2.45. The van der Waals surface area contributed by atoms with Gasteiger partial charge in [0.25, 0.3) is 5.91 Å². The fourth-order valence-corrected chi connectivity index (χ4v) is 5.84. The lowest BCUT2D eigenvalue weighted by molar-refractivity contribution is -0.115. The van der Waals surface area contributed by atoms with Gasteiger partial charge in [-0.25, -0.2) is 12.8 Å². The molecule has 9 nitrogen and oxygen atoms in total. The summed E-state index contributed by atoms with van der Waals surface area (Å²) in [4.78, 5) is 28.9. The molecule has 0 bridgehead atoms. The number of aliphatic imine (C=N–C) groups is 1. The largest absolute Gasteiger partial charge is 0.378 e. The lowest BCUT2D eigenvalue weighted by atomic mass is 10.1. The molecule has 1 aliphatic heterocycles. The lowest BCUT2D eigenvalue weighted by Gasteiger charge is -2.23. The van der Waals surface area contributed by atoms with Crippen LogP contribution in [0.5, 0.6) is 0 Å². The zero-order valence-electron chi connectivity index (χ0n) is 25.7. The molecule has 1 amide bonds. The second kappa shape index (κ2) is 25.4. The Bertz CT molecular complexity index is 1010. The molecule has 0 spiro atoms. The van der Waals surface area contributed by atoms with Crippen molar-refractivity contribution in [3.8, 4) is 0 Å². The van der Waals surface area contributed by atoms with Crippen molar-refractivity contribution >= 4 is 44.5 Å². The summed E-state index contributed by atoms with van der Waals surface area (Å²) in [6.45, 7) is 12.4. The number of hydrogen-bond donors (Lipinski definition) is 3. The predicted octanol–water partition coefficient (Wildman–Crippen LogP) is 3.94. The number of amides is 1. The number of halogens is 1. The summed E-state index contributed by atoms with van der Waals surface area (Å²) in [5.41, 5.74) is 6.22. The van der Waals surface area contributed by atoms with Crippen molar-refractivity contribution < 1.29 is 22.4 Å². The molecule has 4 N–H and O–H groups in total. The van der Waals surface area contributed by atoms with E-state index in [9.17, 15) is 22.4 Å². The molecule has 0 saturated carbocycles. The van der Waals surface area contributed by atoms with Gasteiger partial charge in [-0.3, -0.25) is 9.79 Å². The molecule has 1 atom stereocenters. The van der Waals surface area contributed by atoms with Crippen LogP contribution in [0.2, 0.25) is 0 Å². The van der Waals surface area contributed by atoms with E-state index in [-0.39, 0.29) is 35.8 Å². The van der Waals surface area contributed by atoms with E-state index >= 15 is 0 Å². The zero-order valence-corrected chi connectivity index (χ0v) is 27.4. The fraction of sp³-hybridized carbons (Fsp3) is 0.621. The maximum Gasteiger partial charge on any atom is 0.276 e. The smallest absolute Gasteiger partial charge is 0.276 e. The Hall–Kier alpha value is -2.28. The molecule has 236 valence electrons. The van der Waals surface area contributed by atoms with E-state index in [0.717, 1.165) is 49.9 Å². The maximum atomic E-state index is 12.8. The summed E-state index contributed by atoms with van der Waals surface area (Å²) in [6.07, 6.45) is 8.40. The first-order chi connectivity index (χ1) is 19.6. The van der Waals surface area contributed by atoms with E-state index in [1.807, 2.05) is 33.1 Å². The number of sulfone groups is 1. The Kier molecular flexibility index (Phi) is 25.3. The number of aldehydes is 1.